The number of carbonyl (C=O) groups is 2. The van der Waals surface area contributed by atoms with Gasteiger partial charge in [0.15, 0.2) is 0 Å². The Kier molecular flexibility index (Phi) is 7.27. The van der Waals surface area contributed by atoms with E-state index in [9.17, 15) is 18.0 Å². The van der Waals surface area contributed by atoms with Gasteiger partial charge in [-0.1, -0.05) is 25.3 Å². The summed E-state index contributed by atoms with van der Waals surface area (Å²) in [5, 5.41) is 1.08. The molecule has 4 fully saturated rings. The lowest BCUT2D eigenvalue weighted by Crippen LogP contribution is -2.40. The SMILES string of the molecule is COc1ccc2c(c1)C1CC1(C(=O)N1CC3CN(C)CC3C1)Cn1c-2c(C2CCCCC2)c2ccc(C(=O)NS(=O)(=O)N(C)C)cc21. The zero-order valence-electron chi connectivity index (χ0n) is 27.8. The Hall–Kier alpha value is -3.41. The number of methoxy groups -OCH3 is 1. The van der Waals surface area contributed by atoms with Crippen molar-refractivity contribution < 1.29 is 22.7 Å². The number of amides is 2. The molecule has 4 heterocycles. The van der Waals surface area contributed by atoms with Crippen LogP contribution in [0, 0.1) is 17.3 Å². The molecule has 2 saturated carbocycles. The maximum absolute atomic E-state index is 14.8. The molecule has 5 aliphatic rings. The summed E-state index contributed by atoms with van der Waals surface area (Å²) in [6.45, 7) is 4.22. The highest BCUT2D eigenvalue weighted by Gasteiger charge is 2.64. The van der Waals surface area contributed by atoms with Gasteiger partial charge in [-0.05, 0) is 85.5 Å². The third kappa shape index (κ3) is 4.91. The third-order valence-corrected chi connectivity index (χ3v) is 13.3. The maximum atomic E-state index is 14.8. The topological polar surface area (TPSA) is 104 Å². The molecule has 0 bridgehead atoms. The van der Waals surface area contributed by atoms with Crippen LogP contribution in [0.4, 0.5) is 0 Å². The molecule has 4 unspecified atom stereocenters. The smallest absolute Gasteiger partial charge is 0.303 e. The van der Waals surface area contributed by atoms with Gasteiger partial charge in [0.2, 0.25) is 5.91 Å². The Morgan fingerprint density at radius 1 is 0.979 bits per heavy atom. The molecule has 2 aliphatic carbocycles. The number of likely N-dealkylation sites (tertiary alicyclic amines) is 2. The van der Waals surface area contributed by atoms with E-state index >= 15 is 0 Å². The first kappa shape index (κ1) is 30.9. The van der Waals surface area contributed by atoms with Gasteiger partial charge in [-0.25, -0.2) is 4.72 Å². The van der Waals surface area contributed by atoms with Crippen molar-refractivity contribution in [2.45, 2.75) is 56.9 Å². The van der Waals surface area contributed by atoms with Gasteiger partial charge in [-0.3, -0.25) is 9.59 Å². The van der Waals surface area contributed by atoms with Crippen LogP contribution in [-0.4, -0.2) is 93.3 Å². The molecule has 47 heavy (non-hydrogen) atoms. The molecule has 4 atom stereocenters. The number of carbonyl (C=O) groups excluding carboxylic acids is 2. The van der Waals surface area contributed by atoms with E-state index in [-0.39, 0.29) is 17.4 Å². The monoisotopic (exact) mass is 659 g/mol. The van der Waals surface area contributed by atoms with Gasteiger partial charge in [0.25, 0.3) is 5.91 Å². The molecule has 250 valence electrons. The number of rotatable bonds is 6. The Bertz CT molecular complexity index is 1880. The molecular weight excluding hydrogens is 614 g/mol. The van der Waals surface area contributed by atoms with Crippen molar-refractivity contribution in [1.82, 2.24) is 23.4 Å². The molecule has 2 saturated heterocycles. The summed E-state index contributed by atoms with van der Waals surface area (Å²) in [6, 6.07) is 11.9. The van der Waals surface area contributed by atoms with Crippen LogP contribution < -0.4 is 9.46 Å². The van der Waals surface area contributed by atoms with Gasteiger partial charge in [-0.2, -0.15) is 12.7 Å². The van der Waals surface area contributed by atoms with E-state index in [2.05, 4.69) is 38.3 Å². The first-order valence-electron chi connectivity index (χ1n) is 17.1. The average Bonchev–Trinajstić information content (AvgIpc) is 3.35. The van der Waals surface area contributed by atoms with Gasteiger partial charge >= 0.3 is 10.2 Å². The molecule has 0 spiro atoms. The van der Waals surface area contributed by atoms with Crippen molar-refractivity contribution in [1.29, 1.82) is 0 Å². The van der Waals surface area contributed by atoms with E-state index in [1.165, 1.54) is 44.5 Å². The Morgan fingerprint density at radius 2 is 1.70 bits per heavy atom. The summed E-state index contributed by atoms with van der Waals surface area (Å²) in [6.07, 6.45) is 6.55. The van der Waals surface area contributed by atoms with Crippen molar-refractivity contribution in [3.05, 3.63) is 53.1 Å². The predicted octanol–water partition coefficient (Wildman–Crippen LogP) is 4.41. The number of fused-ring (bicyclic) bond motifs is 8. The van der Waals surface area contributed by atoms with E-state index in [4.69, 9.17) is 4.74 Å². The lowest BCUT2D eigenvalue weighted by Gasteiger charge is -2.26. The van der Waals surface area contributed by atoms with Gasteiger partial charge < -0.3 is 19.1 Å². The molecule has 10 nitrogen and oxygen atoms in total. The van der Waals surface area contributed by atoms with Crippen molar-refractivity contribution in [2.75, 3.05) is 54.4 Å². The molecule has 3 aromatic rings. The molecule has 0 radical (unpaired) electrons. The lowest BCUT2D eigenvalue weighted by molar-refractivity contribution is -0.137. The summed E-state index contributed by atoms with van der Waals surface area (Å²) < 4.78 is 36.4. The van der Waals surface area contributed by atoms with Crippen LogP contribution in [0.5, 0.6) is 5.75 Å². The highest BCUT2D eigenvalue weighted by molar-refractivity contribution is 7.87. The zero-order valence-corrected chi connectivity index (χ0v) is 28.6. The van der Waals surface area contributed by atoms with E-state index in [1.807, 2.05) is 18.2 Å². The predicted molar refractivity (Wildman–Crippen MR) is 181 cm³/mol. The Balaban J connectivity index is 1.29. The maximum Gasteiger partial charge on any atom is 0.303 e. The first-order valence-corrected chi connectivity index (χ1v) is 18.5. The second-order valence-corrected chi connectivity index (χ2v) is 16.8. The van der Waals surface area contributed by atoms with Crippen LogP contribution in [0.3, 0.4) is 0 Å². The summed E-state index contributed by atoms with van der Waals surface area (Å²) in [4.78, 5) is 32.7. The Morgan fingerprint density at radius 3 is 2.38 bits per heavy atom. The Labute approximate surface area is 277 Å². The molecular formula is C36H45N5O5S. The van der Waals surface area contributed by atoms with Crippen LogP contribution in [0.15, 0.2) is 36.4 Å². The fraction of sp³-hybridized carbons (Fsp3) is 0.556. The molecule has 3 aliphatic heterocycles. The summed E-state index contributed by atoms with van der Waals surface area (Å²) in [7, 11) is 2.68. The van der Waals surface area contributed by atoms with Crippen molar-refractivity contribution in [2.24, 2.45) is 17.3 Å². The highest BCUT2D eigenvalue weighted by Crippen LogP contribution is 2.66. The molecule has 1 aromatic heterocycles. The molecule has 2 amide bonds. The minimum Gasteiger partial charge on any atom is -0.497 e. The van der Waals surface area contributed by atoms with Crippen molar-refractivity contribution >= 4 is 32.9 Å². The third-order valence-electron chi connectivity index (χ3n) is 11.9. The quantitative estimate of drug-likeness (QED) is 0.421. The van der Waals surface area contributed by atoms with Gasteiger partial charge in [-0.15, -0.1) is 0 Å². The van der Waals surface area contributed by atoms with E-state index < -0.39 is 21.5 Å². The number of hydrogen-bond donors (Lipinski definition) is 1. The summed E-state index contributed by atoms with van der Waals surface area (Å²) in [5.74, 6) is 1.86. The average molecular weight is 660 g/mol. The van der Waals surface area contributed by atoms with E-state index in [0.717, 1.165) is 77.7 Å². The minimum atomic E-state index is -3.96. The van der Waals surface area contributed by atoms with Crippen LogP contribution in [0.2, 0.25) is 0 Å². The standard InChI is InChI=1S/C36H45N5O5S/c1-38(2)47(44,45)37-34(42)23-10-12-28-31(14-23)41-21-36(35(43)40-19-24-17-39(3)18-25(24)20-40)16-30(36)29-15-26(46-4)11-13-27(29)33(41)32(28)22-8-6-5-7-9-22/h10-15,22,24-25,30H,5-9,16-21H2,1-4H3,(H,37,42). The zero-order chi connectivity index (χ0) is 32.8. The lowest BCUT2D eigenvalue weighted by atomic mass is 9.81. The second-order valence-electron chi connectivity index (χ2n) is 15.0. The van der Waals surface area contributed by atoms with Gasteiger partial charge in [0, 0.05) is 74.8 Å². The van der Waals surface area contributed by atoms with Gasteiger partial charge in [0.1, 0.15) is 5.75 Å². The van der Waals surface area contributed by atoms with E-state index in [1.54, 1.807) is 13.2 Å². The van der Waals surface area contributed by atoms with Crippen LogP contribution >= 0.6 is 0 Å². The van der Waals surface area contributed by atoms with Crippen molar-refractivity contribution in [3.63, 3.8) is 0 Å². The van der Waals surface area contributed by atoms with Crippen molar-refractivity contribution in [3.8, 4) is 17.0 Å². The number of hydrogen-bond acceptors (Lipinski definition) is 6. The highest BCUT2D eigenvalue weighted by atomic mass is 32.2. The van der Waals surface area contributed by atoms with Gasteiger partial charge in [0.05, 0.1) is 18.2 Å². The minimum absolute atomic E-state index is 0.0779. The fourth-order valence-electron chi connectivity index (χ4n) is 9.40. The largest absolute Gasteiger partial charge is 0.497 e. The molecule has 11 heteroatoms. The fourth-order valence-corrected chi connectivity index (χ4v) is 9.93. The van der Waals surface area contributed by atoms with Crippen LogP contribution in [0.25, 0.3) is 22.2 Å². The molecule has 2 aromatic carbocycles. The van der Waals surface area contributed by atoms with Crippen LogP contribution in [0.1, 0.15) is 71.8 Å². The summed E-state index contributed by atoms with van der Waals surface area (Å²) >= 11 is 0. The van der Waals surface area contributed by atoms with E-state index in [0.29, 0.717) is 24.3 Å². The summed E-state index contributed by atoms with van der Waals surface area (Å²) in [5.41, 5.74) is 5.33. The number of benzene rings is 2. The number of aromatic nitrogens is 1. The van der Waals surface area contributed by atoms with Crippen LogP contribution in [-0.2, 0) is 21.5 Å². The molecule has 1 N–H and O–H groups in total. The number of ether oxygens (including phenoxy) is 1. The normalized spacial score (nSPS) is 27.3. The second kappa shape index (κ2) is 11.1. The number of nitrogens with one attached hydrogen (secondary N) is 1. The first-order chi connectivity index (χ1) is 22.5. The molecule has 8 rings (SSSR count). The number of nitrogens with zero attached hydrogens (tertiary/aromatic N) is 4.